The summed E-state index contributed by atoms with van der Waals surface area (Å²) in [5.41, 5.74) is 3.80. The van der Waals surface area contributed by atoms with E-state index in [2.05, 4.69) is 21.4 Å². The van der Waals surface area contributed by atoms with Crippen LogP contribution in [0, 0.1) is 0 Å². The zero-order valence-corrected chi connectivity index (χ0v) is 10.6. The first-order chi connectivity index (χ1) is 7.24. The molecule has 0 fully saturated rings. The molecule has 0 unspecified atom stereocenters. The molecule has 0 atom stereocenters. The SMILES string of the molecule is CONCc1ccc(OC)c(OC)c1Br. The smallest absolute Gasteiger partial charge is 0.175 e. The van der Waals surface area contributed by atoms with E-state index in [-0.39, 0.29) is 0 Å². The summed E-state index contributed by atoms with van der Waals surface area (Å²) in [5.74, 6) is 1.39. The molecule has 0 spiro atoms. The molecule has 1 aromatic rings. The van der Waals surface area contributed by atoms with Gasteiger partial charge in [-0.2, -0.15) is 5.48 Å². The number of methoxy groups -OCH3 is 2. The van der Waals surface area contributed by atoms with Crippen molar-refractivity contribution in [2.45, 2.75) is 6.54 Å². The molecule has 0 aliphatic carbocycles. The third-order valence-corrected chi connectivity index (χ3v) is 2.84. The molecule has 0 saturated carbocycles. The van der Waals surface area contributed by atoms with Gasteiger partial charge in [0.05, 0.1) is 25.8 Å². The van der Waals surface area contributed by atoms with Crippen LogP contribution in [-0.2, 0) is 11.4 Å². The van der Waals surface area contributed by atoms with Crippen molar-refractivity contribution >= 4 is 15.9 Å². The van der Waals surface area contributed by atoms with Crippen molar-refractivity contribution in [3.05, 3.63) is 22.2 Å². The number of nitrogens with one attached hydrogen (secondary N) is 1. The fourth-order valence-electron chi connectivity index (χ4n) is 1.22. The van der Waals surface area contributed by atoms with Crippen LogP contribution in [-0.4, -0.2) is 21.3 Å². The standard InChI is InChI=1S/C10H14BrNO3/c1-13-8-5-4-7(6-12-15-3)9(11)10(8)14-2/h4-5,12H,6H2,1-3H3. The van der Waals surface area contributed by atoms with Crippen molar-refractivity contribution in [2.75, 3.05) is 21.3 Å². The van der Waals surface area contributed by atoms with Crippen molar-refractivity contribution in [2.24, 2.45) is 0 Å². The molecule has 5 heteroatoms. The van der Waals surface area contributed by atoms with Crippen LogP contribution in [0.3, 0.4) is 0 Å². The van der Waals surface area contributed by atoms with Gasteiger partial charge >= 0.3 is 0 Å². The fourth-order valence-corrected chi connectivity index (χ4v) is 1.85. The van der Waals surface area contributed by atoms with E-state index in [1.807, 2.05) is 12.1 Å². The molecule has 15 heavy (non-hydrogen) atoms. The van der Waals surface area contributed by atoms with Crippen molar-refractivity contribution in [1.29, 1.82) is 0 Å². The number of halogens is 1. The maximum Gasteiger partial charge on any atom is 0.175 e. The third-order valence-electron chi connectivity index (χ3n) is 1.97. The van der Waals surface area contributed by atoms with Crippen LogP contribution >= 0.6 is 15.9 Å². The first-order valence-corrected chi connectivity index (χ1v) is 5.19. The van der Waals surface area contributed by atoms with Gasteiger partial charge in [0, 0.05) is 6.54 Å². The summed E-state index contributed by atoms with van der Waals surface area (Å²) >= 11 is 3.46. The summed E-state index contributed by atoms with van der Waals surface area (Å²) in [4.78, 5) is 4.79. The van der Waals surface area contributed by atoms with Crippen molar-refractivity contribution < 1.29 is 14.3 Å². The first kappa shape index (κ1) is 12.3. The predicted molar refractivity (Wildman–Crippen MR) is 61.1 cm³/mol. The van der Waals surface area contributed by atoms with Crippen LogP contribution < -0.4 is 15.0 Å². The molecule has 84 valence electrons. The molecule has 1 N–H and O–H groups in total. The molecule has 0 heterocycles. The molecular weight excluding hydrogens is 262 g/mol. The molecule has 0 aliphatic heterocycles. The Kier molecular flexibility index (Phi) is 4.87. The van der Waals surface area contributed by atoms with Gasteiger partial charge in [-0.3, -0.25) is 0 Å². The van der Waals surface area contributed by atoms with E-state index in [4.69, 9.17) is 14.3 Å². The van der Waals surface area contributed by atoms with Crippen LogP contribution in [0.4, 0.5) is 0 Å². The Morgan fingerprint density at radius 3 is 2.47 bits per heavy atom. The topological polar surface area (TPSA) is 39.7 Å². The van der Waals surface area contributed by atoms with Crippen LogP contribution in [0.25, 0.3) is 0 Å². The summed E-state index contributed by atoms with van der Waals surface area (Å²) in [6.07, 6.45) is 0. The van der Waals surface area contributed by atoms with Gasteiger partial charge in [0.1, 0.15) is 0 Å². The minimum Gasteiger partial charge on any atom is -0.493 e. The number of hydrogen-bond donors (Lipinski definition) is 1. The summed E-state index contributed by atoms with van der Waals surface area (Å²) in [6.45, 7) is 0.595. The zero-order chi connectivity index (χ0) is 11.3. The summed E-state index contributed by atoms with van der Waals surface area (Å²) in [5, 5.41) is 0. The Bertz CT molecular complexity index is 331. The number of hydroxylamine groups is 1. The monoisotopic (exact) mass is 275 g/mol. The Labute approximate surface area is 97.6 Å². The maximum atomic E-state index is 5.25. The van der Waals surface area contributed by atoms with E-state index < -0.39 is 0 Å². The van der Waals surface area contributed by atoms with Crippen LogP contribution in [0.2, 0.25) is 0 Å². The van der Waals surface area contributed by atoms with Crippen LogP contribution in [0.15, 0.2) is 16.6 Å². The lowest BCUT2D eigenvalue weighted by Crippen LogP contribution is -2.11. The number of rotatable bonds is 5. The second-order valence-corrected chi connectivity index (χ2v) is 3.59. The van der Waals surface area contributed by atoms with Gasteiger partial charge < -0.3 is 14.3 Å². The van der Waals surface area contributed by atoms with Gasteiger partial charge in [-0.25, -0.2) is 0 Å². The lowest BCUT2D eigenvalue weighted by molar-refractivity contribution is 0.0865. The molecule has 0 amide bonds. The van der Waals surface area contributed by atoms with E-state index in [1.54, 1.807) is 21.3 Å². The average molecular weight is 276 g/mol. The lowest BCUT2D eigenvalue weighted by Gasteiger charge is -2.12. The van der Waals surface area contributed by atoms with Gasteiger partial charge in [0.15, 0.2) is 11.5 Å². The lowest BCUT2D eigenvalue weighted by atomic mass is 10.2. The molecule has 1 rings (SSSR count). The van der Waals surface area contributed by atoms with Crippen molar-refractivity contribution in [3.63, 3.8) is 0 Å². The minimum atomic E-state index is 0.595. The highest BCUT2D eigenvalue weighted by molar-refractivity contribution is 9.10. The molecule has 0 aliphatic rings. The Hall–Kier alpha value is -0.780. The van der Waals surface area contributed by atoms with Crippen LogP contribution in [0.1, 0.15) is 5.56 Å². The normalized spacial score (nSPS) is 10.1. The van der Waals surface area contributed by atoms with Gasteiger partial charge in [0.2, 0.25) is 0 Å². The zero-order valence-electron chi connectivity index (χ0n) is 8.96. The number of hydrogen-bond acceptors (Lipinski definition) is 4. The van der Waals surface area contributed by atoms with E-state index >= 15 is 0 Å². The van der Waals surface area contributed by atoms with Crippen LogP contribution in [0.5, 0.6) is 11.5 Å². The maximum absolute atomic E-state index is 5.25. The molecular formula is C10H14BrNO3. The van der Waals surface area contributed by atoms with E-state index in [9.17, 15) is 0 Å². The quantitative estimate of drug-likeness (QED) is 0.836. The van der Waals surface area contributed by atoms with Gasteiger partial charge in [0.25, 0.3) is 0 Å². The van der Waals surface area contributed by atoms with E-state index in [1.165, 1.54) is 0 Å². The van der Waals surface area contributed by atoms with Gasteiger partial charge in [-0.15, -0.1) is 0 Å². The highest BCUT2D eigenvalue weighted by atomic mass is 79.9. The highest BCUT2D eigenvalue weighted by Gasteiger charge is 2.11. The number of ether oxygens (including phenoxy) is 2. The Morgan fingerprint density at radius 2 is 1.93 bits per heavy atom. The van der Waals surface area contributed by atoms with Crippen molar-refractivity contribution in [3.8, 4) is 11.5 Å². The second-order valence-electron chi connectivity index (χ2n) is 2.80. The van der Waals surface area contributed by atoms with Gasteiger partial charge in [-0.1, -0.05) is 6.07 Å². The predicted octanol–water partition coefficient (Wildman–Crippen LogP) is 2.12. The minimum absolute atomic E-state index is 0.595. The molecule has 4 nitrogen and oxygen atoms in total. The molecule has 0 aromatic heterocycles. The second kappa shape index (κ2) is 5.95. The van der Waals surface area contributed by atoms with Gasteiger partial charge in [-0.05, 0) is 27.6 Å². The summed E-state index contributed by atoms with van der Waals surface area (Å²) in [6, 6.07) is 3.80. The molecule has 0 bridgehead atoms. The fraction of sp³-hybridized carbons (Fsp3) is 0.400. The highest BCUT2D eigenvalue weighted by Crippen LogP contribution is 2.37. The Morgan fingerprint density at radius 1 is 1.20 bits per heavy atom. The first-order valence-electron chi connectivity index (χ1n) is 4.39. The largest absolute Gasteiger partial charge is 0.493 e. The third kappa shape index (κ3) is 2.84. The Balaban J connectivity index is 3.00. The molecule has 1 aromatic carbocycles. The average Bonchev–Trinajstić information content (AvgIpc) is 2.27. The number of benzene rings is 1. The summed E-state index contributed by atoms with van der Waals surface area (Å²) < 4.78 is 11.3. The van der Waals surface area contributed by atoms with Crippen molar-refractivity contribution in [1.82, 2.24) is 5.48 Å². The summed E-state index contributed by atoms with van der Waals surface area (Å²) in [7, 11) is 4.79. The molecule has 0 saturated heterocycles. The van der Waals surface area contributed by atoms with E-state index in [0.29, 0.717) is 18.0 Å². The molecule has 0 radical (unpaired) electrons. The van der Waals surface area contributed by atoms with E-state index in [0.717, 1.165) is 10.0 Å².